The van der Waals surface area contributed by atoms with Crippen molar-refractivity contribution in [3.05, 3.63) is 75.3 Å². The van der Waals surface area contributed by atoms with Gasteiger partial charge in [0.2, 0.25) is 0 Å². The first-order valence-corrected chi connectivity index (χ1v) is 12.9. The average molecular weight is 523 g/mol. The number of aromatic nitrogens is 2. The van der Waals surface area contributed by atoms with Crippen LogP contribution in [0.15, 0.2) is 59.6 Å². The van der Waals surface area contributed by atoms with Gasteiger partial charge in [0.05, 0.1) is 22.6 Å². The summed E-state index contributed by atoms with van der Waals surface area (Å²) < 4.78 is 7.39. The fourth-order valence-electron chi connectivity index (χ4n) is 3.94. The molecule has 0 bridgehead atoms. The molecule has 10 heteroatoms. The number of carbonyl (C=O) groups excluding carboxylic acids is 1. The Kier molecular flexibility index (Phi) is 8.17. The minimum absolute atomic E-state index is 0.124. The molecule has 3 aromatic rings. The number of unbranched alkanes of at least 4 members (excludes halogenated alkanes) is 3. The van der Waals surface area contributed by atoms with Crippen molar-refractivity contribution in [1.82, 2.24) is 14.7 Å². The van der Waals surface area contributed by atoms with Crippen LogP contribution in [0.5, 0.6) is 5.75 Å². The van der Waals surface area contributed by atoms with Gasteiger partial charge in [-0.15, -0.1) is 0 Å². The summed E-state index contributed by atoms with van der Waals surface area (Å²) in [7, 11) is 1.39. The SMILES string of the molecule is CCCCCCN1C(=O)C(=Cc2cn(-c3ccccc3)nc2-c2ccc(OC)c([N+](=O)[O-])c2)SC1=S. The Labute approximate surface area is 219 Å². The van der Waals surface area contributed by atoms with E-state index in [1.807, 2.05) is 36.5 Å². The van der Waals surface area contributed by atoms with Gasteiger partial charge in [0.25, 0.3) is 5.91 Å². The third-order valence-electron chi connectivity index (χ3n) is 5.81. The van der Waals surface area contributed by atoms with Gasteiger partial charge in [0.1, 0.15) is 10.0 Å². The van der Waals surface area contributed by atoms with Crippen LogP contribution < -0.4 is 4.74 Å². The minimum Gasteiger partial charge on any atom is -0.490 e. The minimum atomic E-state index is -0.486. The maximum Gasteiger partial charge on any atom is 0.311 e. The number of thiocarbonyl (C=S) groups is 1. The number of para-hydroxylation sites is 1. The molecule has 0 spiro atoms. The second-order valence-electron chi connectivity index (χ2n) is 8.25. The largest absolute Gasteiger partial charge is 0.490 e. The molecule has 1 fully saturated rings. The van der Waals surface area contributed by atoms with Crippen molar-refractivity contribution >= 4 is 46.0 Å². The van der Waals surface area contributed by atoms with Gasteiger partial charge < -0.3 is 4.74 Å². The van der Waals surface area contributed by atoms with Crippen LogP contribution >= 0.6 is 24.0 Å². The van der Waals surface area contributed by atoms with Crippen molar-refractivity contribution in [3.8, 4) is 22.7 Å². The number of nitro benzene ring substituents is 1. The molecule has 1 aliphatic rings. The van der Waals surface area contributed by atoms with E-state index >= 15 is 0 Å². The molecule has 0 aliphatic carbocycles. The van der Waals surface area contributed by atoms with Crippen LogP contribution in [0.3, 0.4) is 0 Å². The number of thioether (sulfide) groups is 1. The molecule has 2 aromatic carbocycles. The number of nitro groups is 1. The van der Waals surface area contributed by atoms with Crippen LogP contribution in [0.25, 0.3) is 23.0 Å². The van der Waals surface area contributed by atoms with Crippen molar-refractivity contribution in [2.75, 3.05) is 13.7 Å². The van der Waals surface area contributed by atoms with E-state index in [1.54, 1.807) is 27.8 Å². The second kappa shape index (κ2) is 11.5. The molecule has 2 heterocycles. The number of methoxy groups -OCH3 is 1. The maximum absolute atomic E-state index is 13.2. The Morgan fingerprint density at radius 3 is 2.64 bits per heavy atom. The predicted molar refractivity (Wildman–Crippen MR) is 146 cm³/mol. The molecule has 4 rings (SSSR count). The Morgan fingerprint density at radius 2 is 1.94 bits per heavy atom. The quantitative estimate of drug-likeness (QED) is 0.102. The average Bonchev–Trinajstić information content (AvgIpc) is 3.42. The highest BCUT2D eigenvalue weighted by molar-refractivity contribution is 8.26. The number of nitrogens with zero attached hydrogens (tertiary/aromatic N) is 4. The van der Waals surface area contributed by atoms with E-state index in [0.29, 0.717) is 32.6 Å². The van der Waals surface area contributed by atoms with Crippen LogP contribution in [0, 0.1) is 10.1 Å². The van der Waals surface area contributed by atoms with E-state index in [4.69, 9.17) is 22.1 Å². The van der Waals surface area contributed by atoms with Crippen molar-refractivity contribution in [1.29, 1.82) is 0 Å². The van der Waals surface area contributed by atoms with Crippen LogP contribution in [0.2, 0.25) is 0 Å². The van der Waals surface area contributed by atoms with Crippen molar-refractivity contribution in [2.24, 2.45) is 0 Å². The Morgan fingerprint density at radius 1 is 1.17 bits per heavy atom. The van der Waals surface area contributed by atoms with Gasteiger partial charge in [-0.1, -0.05) is 68.4 Å². The number of hydrogen-bond donors (Lipinski definition) is 0. The molecule has 186 valence electrons. The summed E-state index contributed by atoms with van der Waals surface area (Å²) in [4.78, 5) is 26.4. The normalized spacial score (nSPS) is 14.6. The Balaban J connectivity index is 1.74. The zero-order valence-corrected chi connectivity index (χ0v) is 21.7. The van der Waals surface area contributed by atoms with Gasteiger partial charge in [-0.25, -0.2) is 4.68 Å². The van der Waals surface area contributed by atoms with Crippen LogP contribution in [-0.4, -0.2) is 43.5 Å². The second-order valence-corrected chi connectivity index (χ2v) is 9.93. The smallest absolute Gasteiger partial charge is 0.311 e. The van der Waals surface area contributed by atoms with Crippen LogP contribution in [0.4, 0.5) is 5.69 Å². The lowest BCUT2D eigenvalue weighted by molar-refractivity contribution is -0.385. The maximum atomic E-state index is 13.2. The fraction of sp³-hybridized carbons (Fsp3) is 0.269. The summed E-state index contributed by atoms with van der Waals surface area (Å²) in [5, 5.41) is 16.3. The van der Waals surface area contributed by atoms with Crippen molar-refractivity contribution in [3.63, 3.8) is 0 Å². The lowest BCUT2D eigenvalue weighted by Gasteiger charge is -2.13. The number of rotatable bonds is 10. The third-order valence-corrected chi connectivity index (χ3v) is 7.19. The van der Waals surface area contributed by atoms with E-state index in [-0.39, 0.29) is 17.3 Å². The lowest BCUT2D eigenvalue weighted by Crippen LogP contribution is -2.29. The zero-order chi connectivity index (χ0) is 25.7. The van der Waals surface area contributed by atoms with Gasteiger partial charge in [0.15, 0.2) is 5.75 Å². The molecule has 0 radical (unpaired) electrons. The van der Waals surface area contributed by atoms with Gasteiger partial charge in [-0.2, -0.15) is 5.10 Å². The summed E-state index contributed by atoms with van der Waals surface area (Å²) in [6.45, 7) is 2.75. The molecule has 36 heavy (non-hydrogen) atoms. The first-order chi connectivity index (χ1) is 17.4. The van der Waals surface area contributed by atoms with Crippen molar-refractivity contribution in [2.45, 2.75) is 32.6 Å². The first kappa shape index (κ1) is 25.6. The molecule has 8 nitrogen and oxygen atoms in total. The molecule has 1 aromatic heterocycles. The zero-order valence-electron chi connectivity index (χ0n) is 20.0. The highest BCUT2D eigenvalue weighted by Gasteiger charge is 2.32. The topological polar surface area (TPSA) is 90.5 Å². The van der Waals surface area contributed by atoms with E-state index in [2.05, 4.69) is 6.92 Å². The molecule has 0 saturated carbocycles. The third kappa shape index (κ3) is 5.50. The van der Waals surface area contributed by atoms with E-state index in [9.17, 15) is 14.9 Å². The van der Waals surface area contributed by atoms with Crippen molar-refractivity contribution < 1.29 is 14.5 Å². The number of carbonyl (C=O) groups is 1. The number of hydrogen-bond acceptors (Lipinski definition) is 7. The highest BCUT2D eigenvalue weighted by atomic mass is 32.2. The summed E-state index contributed by atoms with van der Waals surface area (Å²) in [6.07, 6.45) is 7.78. The van der Waals surface area contributed by atoms with E-state index < -0.39 is 4.92 Å². The molecule has 0 N–H and O–H groups in total. The van der Waals surface area contributed by atoms with E-state index in [1.165, 1.54) is 24.9 Å². The predicted octanol–water partition coefficient (Wildman–Crippen LogP) is 6.24. The molecular weight excluding hydrogens is 496 g/mol. The lowest BCUT2D eigenvalue weighted by atomic mass is 10.1. The molecule has 0 atom stereocenters. The van der Waals surface area contributed by atoms with Gasteiger partial charge in [0, 0.05) is 29.9 Å². The number of amides is 1. The standard InChI is InChI=1S/C26H26N4O4S2/c1-3-4-5-9-14-28-25(31)23(36-26(28)35)16-19-17-29(20-10-7-6-8-11-20)27-24(19)18-12-13-22(34-2)21(15-18)30(32)33/h6-8,10-13,15-17H,3-5,9,14H2,1-2H3. The first-order valence-electron chi connectivity index (χ1n) is 11.7. The summed E-state index contributed by atoms with van der Waals surface area (Å²) in [5.41, 5.74) is 2.37. The summed E-state index contributed by atoms with van der Waals surface area (Å²) in [6, 6.07) is 14.2. The Hall–Kier alpha value is -3.50. The van der Waals surface area contributed by atoms with Crippen LogP contribution in [-0.2, 0) is 4.79 Å². The van der Waals surface area contributed by atoms with Gasteiger partial charge in [-0.3, -0.25) is 19.8 Å². The van der Waals surface area contributed by atoms with E-state index in [0.717, 1.165) is 31.4 Å². The molecule has 0 unspecified atom stereocenters. The summed E-state index contributed by atoms with van der Waals surface area (Å²) in [5.74, 6) is 0.0392. The van der Waals surface area contributed by atoms with Gasteiger partial charge in [-0.05, 0) is 36.8 Å². The molecular formula is C26H26N4O4S2. The van der Waals surface area contributed by atoms with Gasteiger partial charge >= 0.3 is 5.69 Å². The number of benzene rings is 2. The monoisotopic (exact) mass is 522 g/mol. The number of ether oxygens (including phenoxy) is 1. The highest BCUT2D eigenvalue weighted by Crippen LogP contribution is 2.37. The Bertz CT molecular complexity index is 1320. The van der Waals surface area contributed by atoms with Crippen LogP contribution in [0.1, 0.15) is 38.2 Å². The fourth-order valence-corrected chi connectivity index (χ4v) is 5.24. The summed E-state index contributed by atoms with van der Waals surface area (Å²) >= 11 is 6.76. The molecule has 1 aliphatic heterocycles. The molecule has 1 saturated heterocycles. The molecule has 1 amide bonds.